The first-order valence-corrected chi connectivity index (χ1v) is 6.59. The average Bonchev–Trinajstić information content (AvgIpc) is 2.37. The lowest BCUT2D eigenvalue weighted by atomic mass is 10.0. The Kier molecular flexibility index (Phi) is 3.88. The zero-order valence-electron chi connectivity index (χ0n) is 11.9. The first-order chi connectivity index (χ1) is 9.62. The lowest BCUT2D eigenvalue weighted by Crippen LogP contribution is -2.48. The summed E-state index contributed by atoms with van der Waals surface area (Å²) in [7, 11) is 0. The molecule has 0 saturated carbocycles. The predicted octanol–water partition coefficient (Wildman–Crippen LogP) is 2.77. The fraction of sp³-hybridized carbons (Fsp3) is 0.500. The second kappa shape index (κ2) is 5.22. The molecule has 1 heterocycles. The van der Waals surface area contributed by atoms with E-state index in [0.29, 0.717) is 11.4 Å². The Labute approximate surface area is 120 Å². The van der Waals surface area contributed by atoms with Gasteiger partial charge in [0.1, 0.15) is 11.8 Å². The van der Waals surface area contributed by atoms with Crippen molar-refractivity contribution < 1.29 is 22.7 Å². The molecular formula is C14H17F3N2O2. The van der Waals surface area contributed by atoms with Gasteiger partial charge in [-0.3, -0.25) is 4.79 Å². The number of amides is 1. The summed E-state index contributed by atoms with van der Waals surface area (Å²) in [5.74, 6) is 0.101. The first kappa shape index (κ1) is 15.6. The highest BCUT2D eigenvalue weighted by atomic mass is 19.4. The number of rotatable bonds is 2. The van der Waals surface area contributed by atoms with Gasteiger partial charge in [0, 0.05) is 6.04 Å². The summed E-state index contributed by atoms with van der Waals surface area (Å²) in [4.78, 5) is 13.6. The van der Waals surface area contributed by atoms with Crippen molar-refractivity contribution in [1.29, 1.82) is 0 Å². The van der Waals surface area contributed by atoms with E-state index in [-0.39, 0.29) is 17.5 Å². The number of carbonyl (C=O) groups excluding carboxylic acids is 1. The first-order valence-electron chi connectivity index (χ1n) is 6.59. The van der Waals surface area contributed by atoms with E-state index in [1.165, 1.54) is 23.1 Å². The molecule has 2 atom stereocenters. The third kappa shape index (κ3) is 2.83. The normalized spacial score (nSPS) is 20.3. The zero-order valence-corrected chi connectivity index (χ0v) is 11.9. The molecule has 0 aliphatic carbocycles. The van der Waals surface area contributed by atoms with Gasteiger partial charge < -0.3 is 15.4 Å². The molecule has 2 rings (SSSR count). The van der Waals surface area contributed by atoms with E-state index in [0.717, 1.165) is 0 Å². The summed E-state index contributed by atoms with van der Waals surface area (Å²) in [6.07, 6.45) is -5.20. The lowest BCUT2D eigenvalue weighted by molar-refractivity contribution is -0.149. The summed E-state index contributed by atoms with van der Waals surface area (Å²) in [5.41, 5.74) is 5.44. The van der Waals surface area contributed by atoms with Crippen molar-refractivity contribution in [2.45, 2.75) is 45.1 Å². The van der Waals surface area contributed by atoms with Crippen molar-refractivity contribution >= 4 is 11.6 Å². The molecule has 116 valence electrons. The number of ether oxygens (including phenoxy) is 1. The van der Waals surface area contributed by atoms with Gasteiger partial charge in [-0.1, -0.05) is 6.07 Å². The SMILES string of the molecule is CC1Oc2ccc(C(N)C(F)(F)F)cc2N(C(C)C)C1=O. The van der Waals surface area contributed by atoms with Gasteiger partial charge in [0.2, 0.25) is 0 Å². The van der Waals surface area contributed by atoms with Crippen LogP contribution in [-0.2, 0) is 4.79 Å². The Bertz CT molecular complexity index is 558. The average molecular weight is 302 g/mol. The molecule has 1 aliphatic rings. The van der Waals surface area contributed by atoms with E-state index in [9.17, 15) is 18.0 Å². The van der Waals surface area contributed by atoms with Crippen LogP contribution in [0.25, 0.3) is 0 Å². The highest BCUT2D eigenvalue weighted by Gasteiger charge is 2.39. The highest BCUT2D eigenvalue weighted by Crippen LogP contribution is 2.39. The minimum Gasteiger partial charge on any atom is -0.479 e. The molecular weight excluding hydrogens is 285 g/mol. The molecule has 1 aromatic carbocycles. The van der Waals surface area contributed by atoms with Crippen LogP contribution in [0, 0.1) is 0 Å². The minimum atomic E-state index is -4.54. The number of hydrogen-bond acceptors (Lipinski definition) is 3. The van der Waals surface area contributed by atoms with Gasteiger partial charge in [-0.05, 0) is 38.5 Å². The van der Waals surface area contributed by atoms with Gasteiger partial charge in [-0.15, -0.1) is 0 Å². The minimum absolute atomic E-state index is 0.0992. The Morgan fingerprint density at radius 2 is 1.95 bits per heavy atom. The molecule has 0 fully saturated rings. The van der Waals surface area contributed by atoms with Crippen LogP contribution in [0.2, 0.25) is 0 Å². The van der Waals surface area contributed by atoms with E-state index in [2.05, 4.69) is 0 Å². The number of benzene rings is 1. The van der Waals surface area contributed by atoms with E-state index >= 15 is 0 Å². The highest BCUT2D eigenvalue weighted by molar-refractivity contribution is 6.00. The Hall–Kier alpha value is -1.76. The number of nitrogens with two attached hydrogens (primary N) is 1. The molecule has 21 heavy (non-hydrogen) atoms. The van der Waals surface area contributed by atoms with E-state index in [4.69, 9.17) is 10.5 Å². The summed E-state index contributed by atoms with van der Waals surface area (Å²) < 4.78 is 43.6. The van der Waals surface area contributed by atoms with Crippen LogP contribution in [0.5, 0.6) is 5.75 Å². The zero-order chi connectivity index (χ0) is 15.9. The van der Waals surface area contributed by atoms with Crippen LogP contribution < -0.4 is 15.4 Å². The summed E-state index contributed by atoms with van der Waals surface area (Å²) in [5, 5.41) is 0. The van der Waals surface area contributed by atoms with Crippen molar-refractivity contribution in [1.82, 2.24) is 0 Å². The van der Waals surface area contributed by atoms with Crippen LogP contribution in [-0.4, -0.2) is 24.2 Å². The van der Waals surface area contributed by atoms with Crippen LogP contribution in [0.4, 0.5) is 18.9 Å². The fourth-order valence-electron chi connectivity index (χ4n) is 2.29. The van der Waals surface area contributed by atoms with Crippen molar-refractivity contribution in [2.24, 2.45) is 5.73 Å². The molecule has 2 N–H and O–H groups in total. The number of fused-ring (bicyclic) bond motifs is 1. The number of carbonyl (C=O) groups is 1. The van der Waals surface area contributed by atoms with Gasteiger partial charge in [0.15, 0.2) is 6.10 Å². The quantitative estimate of drug-likeness (QED) is 0.914. The van der Waals surface area contributed by atoms with Crippen LogP contribution in [0.3, 0.4) is 0 Å². The Morgan fingerprint density at radius 1 is 1.33 bits per heavy atom. The standard InChI is InChI=1S/C14H17F3N2O2/c1-7(2)19-10-6-9(12(18)14(15,16)17)4-5-11(10)21-8(3)13(19)20/h4-8,12H,18H2,1-3H3. The third-order valence-corrected chi connectivity index (χ3v) is 3.36. The maximum absolute atomic E-state index is 12.7. The summed E-state index contributed by atoms with van der Waals surface area (Å²) in [6, 6.07) is 1.69. The van der Waals surface area contributed by atoms with Crippen LogP contribution >= 0.6 is 0 Å². The molecule has 1 aliphatic heterocycles. The van der Waals surface area contributed by atoms with Crippen LogP contribution in [0.15, 0.2) is 18.2 Å². The predicted molar refractivity (Wildman–Crippen MR) is 72.1 cm³/mol. The van der Waals surface area contributed by atoms with E-state index < -0.39 is 18.3 Å². The Morgan fingerprint density at radius 3 is 2.48 bits per heavy atom. The topological polar surface area (TPSA) is 55.6 Å². The molecule has 7 heteroatoms. The molecule has 0 saturated heterocycles. The van der Waals surface area contributed by atoms with Gasteiger partial charge in [-0.2, -0.15) is 13.2 Å². The number of halogens is 3. The number of hydrogen-bond donors (Lipinski definition) is 1. The molecule has 0 spiro atoms. The number of nitrogens with zero attached hydrogens (tertiary/aromatic N) is 1. The van der Waals surface area contributed by atoms with Crippen molar-refractivity contribution in [3.8, 4) is 5.75 Å². The second-order valence-electron chi connectivity index (χ2n) is 5.31. The molecule has 0 bridgehead atoms. The number of anilines is 1. The lowest BCUT2D eigenvalue weighted by Gasteiger charge is -2.36. The third-order valence-electron chi connectivity index (χ3n) is 3.36. The van der Waals surface area contributed by atoms with Gasteiger partial charge in [-0.25, -0.2) is 0 Å². The maximum atomic E-state index is 12.7. The second-order valence-corrected chi connectivity index (χ2v) is 5.31. The van der Waals surface area contributed by atoms with Gasteiger partial charge in [0.05, 0.1) is 5.69 Å². The van der Waals surface area contributed by atoms with Crippen molar-refractivity contribution in [3.05, 3.63) is 23.8 Å². The van der Waals surface area contributed by atoms with E-state index in [1.807, 2.05) is 0 Å². The van der Waals surface area contributed by atoms with E-state index in [1.54, 1.807) is 20.8 Å². The molecule has 1 amide bonds. The fourth-order valence-corrected chi connectivity index (χ4v) is 2.29. The smallest absolute Gasteiger partial charge is 0.407 e. The monoisotopic (exact) mass is 302 g/mol. The maximum Gasteiger partial charge on any atom is 0.407 e. The summed E-state index contributed by atoms with van der Waals surface area (Å²) in [6.45, 7) is 5.18. The van der Waals surface area contributed by atoms with Crippen molar-refractivity contribution in [3.63, 3.8) is 0 Å². The number of alkyl halides is 3. The molecule has 0 radical (unpaired) electrons. The van der Waals surface area contributed by atoms with Crippen molar-refractivity contribution in [2.75, 3.05) is 4.90 Å². The van der Waals surface area contributed by atoms with Gasteiger partial charge in [0.25, 0.3) is 5.91 Å². The molecule has 1 aromatic rings. The largest absolute Gasteiger partial charge is 0.479 e. The molecule has 4 nitrogen and oxygen atoms in total. The molecule has 0 aromatic heterocycles. The molecule has 2 unspecified atom stereocenters. The summed E-state index contributed by atoms with van der Waals surface area (Å²) >= 11 is 0. The van der Waals surface area contributed by atoms with Gasteiger partial charge >= 0.3 is 6.18 Å². The van der Waals surface area contributed by atoms with Crippen LogP contribution in [0.1, 0.15) is 32.4 Å². The Balaban J connectivity index is 2.49.